The highest BCUT2D eigenvalue weighted by molar-refractivity contribution is 5.24. The number of aromatic nitrogens is 2. The molecule has 0 bridgehead atoms. The van der Waals surface area contributed by atoms with Gasteiger partial charge in [-0.25, -0.2) is 9.97 Å². The molecule has 0 aromatic carbocycles. The van der Waals surface area contributed by atoms with Crippen LogP contribution in [0.25, 0.3) is 0 Å². The van der Waals surface area contributed by atoms with Gasteiger partial charge in [0.1, 0.15) is 5.82 Å². The van der Waals surface area contributed by atoms with E-state index in [1.165, 1.54) is 5.56 Å². The second-order valence-corrected chi connectivity index (χ2v) is 4.75. The Morgan fingerprint density at radius 1 is 1.29 bits per heavy atom. The van der Waals surface area contributed by atoms with Crippen molar-refractivity contribution in [1.29, 1.82) is 0 Å². The summed E-state index contributed by atoms with van der Waals surface area (Å²) >= 11 is 0. The smallest absolute Gasteiger partial charge is 0.129 e. The third-order valence-corrected chi connectivity index (χ3v) is 3.32. The molecule has 1 aromatic heterocycles. The fourth-order valence-electron chi connectivity index (χ4n) is 2.34. The average molecular weight is 235 g/mol. The van der Waals surface area contributed by atoms with Gasteiger partial charge in [0, 0.05) is 43.1 Å². The molecule has 1 aliphatic rings. The van der Waals surface area contributed by atoms with Crippen LogP contribution >= 0.6 is 0 Å². The van der Waals surface area contributed by atoms with Gasteiger partial charge in [-0.15, -0.1) is 0 Å². The van der Waals surface area contributed by atoms with Gasteiger partial charge in [-0.2, -0.15) is 0 Å². The zero-order chi connectivity index (χ0) is 12.3. The molecule has 0 radical (unpaired) electrons. The topological polar surface area (TPSA) is 47.0 Å². The van der Waals surface area contributed by atoms with Gasteiger partial charge in [0.2, 0.25) is 0 Å². The number of rotatable bonds is 4. The molecule has 1 unspecified atom stereocenters. The van der Waals surface area contributed by atoms with Crippen molar-refractivity contribution < 1.29 is 4.74 Å². The van der Waals surface area contributed by atoms with Crippen molar-refractivity contribution >= 4 is 0 Å². The van der Waals surface area contributed by atoms with Gasteiger partial charge in [-0.3, -0.25) is 0 Å². The number of nitrogens with one attached hydrogen (secondary N) is 1. The summed E-state index contributed by atoms with van der Waals surface area (Å²) in [6.07, 6.45) is 2.08. The van der Waals surface area contributed by atoms with Gasteiger partial charge < -0.3 is 10.1 Å². The minimum absolute atomic E-state index is 0.601. The summed E-state index contributed by atoms with van der Waals surface area (Å²) in [6.45, 7) is 6.72. The Morgan fingerprint density at radius 3 is 2.53 bits per heavy atom. The van der Waals surface area contributed by atoms with Gasteiger partial charge in [0.15, 0.2) is 0 Å². The molecule has 0 saturated carbocycles. The Kier molecular flexibility index (Phi) is 4.07. The number of hydrogen-bond donors (Lipinski definition) is 1. The highest BCUT2D eigenvalue weighted by Gasteiger charge is 2.18. The van der Waals surface area contributed by atoms with Crippen LogP contribution in [0.15, 0.2) is 0 Å². The maximum atomic E-state index is 5.39. The van der Waals surface area contributed by atoms with Crippen molar-refractivity contribution in [2.45, 2.75) is 33.2 Å². The van der Waals surface area contributed by atoms with E-state index in [9.17, 15) is 0 Å². The first-order valence-corrected chi connectivity index (χ1v) is 6.26. The van der Waals surface area contributed by atoms with Crippen molar-refractivity contribution in [3.8, 4) is 0 Å². The molecule has 1 fully saturated rings. The lowest BCUT2D eigenvalue weighted by atomic mass is 10.0. The molecule has 17 heavy (non-hydrogen) atoms. The fraction of sp³-hybridized carbons (Fsp3) is 0.692. The molecule has 4 nitrogen and oxygen atoms in total. The fourth-order valence-corrected chi connectivity index (χ4v) is 2.34. The molecule has 1 atom stereocenters. The van der Waals surface area contributed by atoms with Crippen LogP contribution in [-0.4, -0.2) is 30.2 Å². The maximum Gasteiger partial charge on any atom is 0.129 e. The van der Waals surface area contributed by atoms with E-state index in [0.29, 0.717) is 5.92 Å². The molecule has 0 spiro atoms. The molecule has 2 heterocycles. The molecule has 0 aliphatic carbocycles. The SMILES string of the molecule is CNCc1c(C)nc(CC2CCOC2)nc1C. The first-order valence-electron chi connectivity index (χ1n) is 6.26. The van der Waals surface area contributed by atoms with Gasteiger partial charge in [0.25, 0.3) is 0 Å². The van der Waals surface area contributed by atoms with E-state index in [4.69, 9.17) is 4.74 Å². The Labute approximate surface area is 103 Å². The van der Waals surface area contributed by atoms with Crippen LogP contribution < -0.4 is 5.32 Å². The van der Waals surface area contributed by atoms with E-state index in [-0.39, 0.29) is 0 Å². The van der Waals surface area contributed by atoms with E-state index in [0.717, 1.165) is 49.8 Å². The van der Waals surface area contributed by atoms with Crippen LogP contribution in [0.5, 0.6) is 0 Å². The summed E-state index contributed by atoms with van der Waals surface area (Å²) in [6, 6.07) is 0. The second-order valence-electron chi connectivity index (χ2n) is 4.75. The summed E-state index contributed by atoms with van der Waals surface area (Å²) in [5.41, 5.74) is 3.42. The lowest BCUT2D eigenvalue weighted by Crippen LogP contribution is -2.14. The van der Waals surface area contributed by atoms with Gasteiger partial charge in [-0.05, 0) is 33.2 Å². The Morgan fingerprint density at radius 2 is 2.00 bits per heavy atom. The lowest BCUT2D eigenvalue weighted by Gasteiger charge is -2.12. The second kappa shape index (κ2) is 5.56. The molecule has 2 rings (SSSR count). The maximum absolute atomic E-state index is 5.39. The summed E-state index contributed by atoms with van der Waals surface area (Å²) in [5, 5.41) is 3.16. The summed E-state index contributed by atoms with van der Waals surface area (Å²) in [4.78, 5) is 9.22. The third-order valence-electron chi connectivity index (χ3n) is 3.32. The van der Waals surface area contributed by atoms with Crippen LogP contribution in [0.3, 0.4) is 0 Å². The van der Waals surface area contributed by atoms with E-state index < -0.39 is 0 Å². The van der Waals surface area contributed by atoms with E-state index in [1.54, 1.807) is 0 Å². The molecular formula is C13H21N3O. The van der Waals surface area contributed by atoms with Crippen LogP contribution in [0, 0.1) is 19.8 Å². The van der Waals surface area contributed by atoms with E-state index in [1.807, 2.05) is 7.05 Å². The zero-order valence-electron chi connectivity index (χ0n) is 10.9. The molecule has 94 valence electrons. The van der Waals surface area contributed by atoms with Crippen molar-refractivity contribution in [2.75, 3.05) is 20.3 Å². The molecular weight excluding hydrogens is 214 g/mol. The monoisotopic (exact) mass is 235 g/mol. The van der Waals surface area contributed by atoms with Crippen LogP contribution in [-0.2, 0) is 17.7 Å². The summed E-state index contributed by atoms with van der Waals surface area (Å²) < 4.78 is 5.39. The predicted molar refractivity (Wildman–Crippen MR) is 66.9 cm³/mol. The molecule has 1 N–H and O–H groups in total. The predicted octanol–water partition coefficient (Wildman–Crippen LogP) is 1.39. The number of nitrogens with zero attached hydrogens (tertiary/aromatic N) is 2. The van der Waals surface area contributed by atoms with Crippen molar-refractivity contribution in [3.63, 3.8) is 0 Å². The van der Waals surface area contributed by atoms with Gasteiger partial charge in [-0.1, -0.05) is 0 Å². The lowest BCUT2D eigenvalue weighted by molar-refractivity contribution is 0.185. The first kappa shape index (κ1) is 12.5. The summed E-state index contributed by atoms with van der Waals surface area (Å²) in [5.74, 6) is 1.57. The van der Waals surface area contributed by atoms with Crippen molar-refractivity contribution in [1.82, 2.24) is 15.3 Å². The van der Waals surface area contributed by atoms with Crippen molar-refractivity contribution in [3.05, 3.63) is 22.8 Å². The first-order chi connectivity index (χ1) is 8.20. The average Bonchev–Trinajstić information content (AvgIpc) is 2.76. The number of hydrogen-bond acceptors (Lipinski definition) is 4. The Hall–Kier alpha value is -1.00. The van der Waals surface area contributed by atoms with Crippen molar-refractivity contribution in [2.24, 2.45) is 5.92 Å². The third kappa shape index (κ3) is 3.01. The normalized spacial score (nSPS) is 19.8. The van der Waals surface area contributed by atoms with Crippen LogP contribution in [0.4, 0.5) is 0 Å². The summed E-state index contributed by atoms with van der Waals surface area (Å²) in [7, 11) is 1.95. The molecule has 1 saturated heterocycles. The molecule has 1 aromatic rings. The Bertz CT molecular complexity index is 363. The van der Waals surface area contributed by atoms with Gasteiger partial charge in [0.05, 0.1) is 0 Å². The van der Waals surface area contributed by atoms with E-state index in [2.05, 4.69) is 29.1 Å². The van der Waals surface area contributed by atoms with Crippen LogP contribution in [0.2, 0.25) is 0 Å². The zero-order valence-corrected chi connectivity index (χ0v) is 10.9. The minimum atomic E-state index is 0.601. The highest BCUT2D eigenvalue weighted by Crippen LogP contribution is 2.18. The molecule has 0 amide bonds. The standard InChI is InChI=1S/C13H21N3O/c1-9-12(7-14-3)10(2)16-13(15-9)6-11-4-5-17-8-11/h11,14H,4-8H2,1-3H3. The number of aryl methyl sites for hydroxylation is 2. The largest absolute Gasteiger partial charge is 0.381 e. The Balaban J connectivity index is 2.13. The van der Waals surface area contributed by atoms with Crippen LogP contribution in [0.1, 0.15) is 29.2 Å². The van der Waals surface area contributed by atoms with E-state index >= 15 is 0 Å². The number of ether oxygens (including phenoxy) is 1. The molecule has 1 aliphatic heterocycles. The quantitative estimate of drug-likeness (QED) is 0.856. The molecule has 4 heteroatoms. The van der Waals surface area contributed by atoms with Gasteiger partial charge >= 0.3 is 0 Å². The highest BCUT2D eigenvalue weighted by atomic mass is 16.5. The minimum Gasteiger partial charge on any atom is -0.381 e.